The summed E-state index contributed by atoms with van der Waals surface area (Å²) in [5, 5.41) is 3.79. The van der Waals surface area contributed by atoms with Gasteiger partial charge < -0.3 is 5.32 Å². The molecule has 0 radical (unpaired) electrons. The van der Waals surface area contributed by atoms with Crippen LogP contribution in [0.3, 0.4) is 0 Å². The summed E-state index contributed by atoms with van der Waals surface area (Å²) in [6, 6.07) is 9.58. The largest absolute Gasteiger partial charge is 0.310 e. The van der Waals surface area contributed by atoms with E-state index in [0.29, 0.717) is 11.5 Å². The second kappa shape index (κ2) is 6.76. The first kappa shape index (κ1) is 15.6. The Morgan fingerprint density at radius 2 is 1.95 bits per heavy atom. The first-order chi connectivity index (χ1) is 9.50. The van der Waals surface area contributed by atoms with Gasteiger partial charge in [-0.2, -0.15) is 0 Å². The van der Waals surface area contributed by atoms with Gasteiger partial charge in [0.2, 0.25) is 0 Å². The normalized spacial score (nSPS) is 20.9. The van der Waals surface area contributed by atoms with Crippen molar-refractivity contribution in [1.82, 2.24) is 5.32 Å². The van der Waals surface area contributed by atoms with Crippen molar-refractivity contribution in [3.63, 3.8) is 0 Å². The van der Waals surface area contributed by atoms with E-state index >= 15 is 0 Å². The molecule has 0 heterocycles. The Hall–Kier alpha value is -0.820. The van der Waals surface area contributed by atoms with Crippen LogP contribution in [0.5, 0.6) is 0 Å². The number of fused-ring (bicyclic) bond motifs is 1. The first-order valence-electron chi connectivity index (χ1n) is 8.33. The molecular formula is C19H31N. The molecule has 1 aliphatic rings. The van der Waals surface area contributed by atoms with Crippen LogP contribution in [0.15, 0.2) is 24.3 Å². The van der Waals surface area contributed by atoms with Gasteiger partial charge >= 0.3 is 0 Å². The SMILES string of the molecule is CC(C)CCCCNC1CCC(C)(C)c2ccccc21. The zero-order chi connectivity index (χ0) is 14.6. The van der Waals surface area contributed by atoms with Gasteiger partial charge in [-0.1, -0.05) is 64.8 Å². The Bertz CT molecular complexity index is 420. The molecule has 0 bridgehead atoms. The van der Waals surface area contributed by atoms with E-state index in [1.807, 2.05) is 0 Å². The molecule has 20 heavy (non-hydrogen) atoms. The number of hydrogen-bond donors (Lipinski definition) is 1. The molecule has 1 atom stereocenters. The van der Waals surface area contributed by atoms with Crippen LogP contribution in [0.25, 0.3) is 0 Å². The van der Waals surface area contributed by atoms with Crippen molar-refractivity contribution < 1.29 is 0 Å². The molecule has 1 N–H and O–H groups in total. The van der Waals surface area contributed by atoms with Crippen molar-refractivity contribution in [3.05, 3.63) is 35.4 Å². The first-order valence-corrected chi connectivity index (χ1v) is 8.33. The Balaban J connectivity index is 1.91. The van der Waals surface area contributed by atoms with Crippen LogP contribution in [0.4, 0.5) is 0 Å². The van der Waals surface area contributed by atoms with Crippen molar-refractivity contribution >= 4 is 0 Å². The Kier molecular flexibility index (Phi) is 5.26. The zero-order valence-electron chi connectivity index (χ0n) is 13.7. The summed E-state index contributed by atoms with van der Waals surface area (Å²) in [6.45, 7) is 10.5. The highest BCUT2D eigenvalue weighted by Gasteiger charge is 2.31. The van der Waals surface area contributed by atoms with Gasteiger partial charge in [-0.25, -0.2) is 0 Å². The summed E-state index contributed by atoms with van der Waals surface area (Å²) in [5.74, 6) is 0.839. The van der Waals surface area contributed by atoms with E-state index in [1.54, 1.807) is 5.56 Å². The van der Waals surface area contributed by atoms with Crippen molar-refractivity contribution in [2.24, 2.45) is 5.92 Å². The third kappa shape index (κ3) is 3.85. The maximum absolute atomic E-state index is 3.79. The third-order valence-corrected chi connectivity index (χ3v) is 4.72. The molecule has 2 rings (SSSR count). The number of unbranched alkanes of at least 4 members (excludes halogenated alkanes) is 1. The second-order valence-corrected chi connectivity index (χ2v) is 7.41. The van der Waals surface area contributed by atoms with Crippen LogP contribution in [-0.2, 0) is 5.41 Å². The number of rotatable bonds is 6. The number of benzene rings is 1. The van der Waals surface area contributed by atoms with E-state index < -0.39 is 0 Å². The lowest BCUT2D eigenvalue weighted by Crippen LogP contribution is -2.33. The molecule has 0 amide bonds. The molecule has 0 aliphatic heterocycles. The minimum Gasteiger partial charge on any atom is -0.310 e. The van der Waals surface area contributed by atoms with Gasteiger partial charge in [-0.05, 0) is 48.3 Å². The van der Waals surface area contributed by atoms with E-state index in [2.05, 4.69) is 57.3 Å². The van der Waals surface area contributed by atoms with Crippen molar-refractivity contribution in [1.29, 1.82) is 0 Å². The highest BCUT2D eigenvalue weighted by molar-refractivity contribution is 5.38. The minimum atomic E-state index is 0.340. The van der Waals surface area contributed by atoms with E-state index in [1.165, 1.54) is 37.7 Å². The maximum atomic E-state index is 3.79. The fourth-order valence-corrected chi connectivity index (χ4v) is 3.38. The topological polar surface area (TPSA) is 12.0 Å². The fourth-order valence-electron chi connectivity index (χ4n) is 3.38. The van der Waals surface area contributed by atoms with Crippen LogP contribution in [0.2, 0.25) is 0 Å². The molecule has 0 fully saturated rings. The highest BCUT2D eigenvalue weighted by atomic mass is 14.9. The van der Waals surface area contributed by atoms with Crippen LogP contribution in [0, 0.1) is 5.92 Å². The van der Waals surface area contributed by atoms with Gasteiger partial charge in [0.25, 0.3) is 0 Å². The average molecular weight is 273 g/mol. The third-order valence-electron chi connectivity index (χ3n) is 4.72. The Labute approximate surface area is 125 Å². The van der Waals surface area contributed by atoms with Gasteiger partial charge in [-0.15, -0.1) is 0 Å². The Morgan fingerprint density at radius 1 is 1.20 bits per heavy atom. The van der Waals surface area contributed by atoms with E-state index in [0.717, 1.165) is 12.5 Å². The fraction of sp³-hybridized carbons (Fsp3) is 0.684. The van der Waals surface area contributed by atoms with E-state index in [4.69, 9.17) is 0 Å². The molecule has 112 valence electrons. The summed E-state index contributed by atoms with van der Waals surface area (Å²) in [5.41, 5.74) is 3.42. The predicted molar refractivity (Wildman–Crippen MR) is 88.1 cm³/mol. The van der Waals surface area contributed by atoms with E-state index in [-0.39, 0.29) is 0 Å². The van der Waals surface area contributed by atoms with E-state index in [9.17, 15) is 0 Å². The number of hydrogen-bond acceptors (Lipinski definition) is 1. The van der Waals surface area contributed by atoms with Crippen LogP contribution in [0.1, 0.15) is 77.0 Å². The lowest BCUT2D eigenvalue weighted by Gasteiger charge is -2.37. The molecule has 1 aromatic rings. The molecule has 1 aliphatic carbocycles. The summed E-state index contributed by atoms with van der Waals surface area (Å²) in [7, 11) is 0. The molecule has 1 heteroatoms. The van der Waals surface area contributed by atoms with Crippen molar-refractivity contribution in [2.75, 3.05) is 6.54 Å². The van der Waals surface area contributed by atoms with Crippen LogP contribution in [-0.4, -0.2) is 6.54 Å². The maximum Gasteiger partial charge on any atom is 0.0323 e. The second-order valence-electron chi connectivity index (χ2n) is 7.41. The van der Waals surface area contributed by atoms with Crippen molar-refractivity contribution in [2.45, 2.75) is 71.3 Å². The van der Waals surface area contributed by atoms with Crippen molar-refractivity contribution in [3.8, 4) is 0 Å². The molecule has 0 saturated carbocycles. The number of nitrogens with one attached hydrogen (secondary N) is 1. The summed E-state index contributed by atoms with van der Waals surface area (Å²) >= 11 is 0. The predicted octanol–water partition coefficient (Wildman–Crippen LogP) is 5.22. The van der Waals surface area contributed by atoms with Gasteiger partial charge in [0, 0.05) is 6.04 Å². The molecule has 0 aromatic heterocycles. The monoisotopic (exact) mass is 273 g/mol. The molecule has 1 aromatic carbocycles. The Morgan fingerprint density at radius 3 is 2.70 bits per heavy atom. The van der Waals surface area contributed by atoms with Crippen LogP contribution < -0.4 is 5.32 Å². The van der Waals surface area contributed by atoms with Gasteiger partial charge in [-0.3, -0.25) is 0 Å². The summed E-state index contributed by atoms with van der Waals surface area (Å²) < 4.78 is 0. The van der Waals surface area contributed by atoms with Crippen LogP contribution >= 0.6 is 0 Å². The molecular weight excluding hydrogens is 242 g/mol. The average Bonchev–Trinajstić information content (AvgIpc) is 2.41. The highest BCUT2D eigenvalue weighted by Crippen LogP contribution is 2.41. The minimum absolute atomic E-state index is 0.340. The summed E-state index contributed by atoms with van der Waals surface area (Å²) in [4.78, 5) is 0. The lowest BCUT2D eigenvalue weighted by molar-refractivity contribution is 0.355. The quantitative estimate of drug-likeness (QED) is 0.701. The standard InChI is InChI=1S/C19H31N/c1-15(2)9-7-8-14-20-18-12-13-19(3,4)17-11-6-5-10-16(17)18/h5-6,10-11,15,18,20H,7-9,12-14H2,1-4H3. The lowest BCUT2D eigenvalue weighted by atomic mass is 9.71. The van der Waals surface area contributed by atoms with Gasteiger partial charge in [0.1, 0.15) is 0 Å². The molecule has 1 unspecified atom stereocenters. The summed E-state index contributed by atoms with van der Waals surface area (Å²) in [6.07, 6.45) is 6.57. The van der Waals surface area contributed by atoms with Gasteiger partial charge in [0.05, 0.1) is 0 Å². The molecule has 0 saturated heterocycles. The smallest absolute Gasteiger partial charge is 0.0323 e. The zero-order valence-corrected chi connectivity index (χ0v) is 13.7. The molecule has 1 nitrogen and oxygen atoms in total. The molecule has 0 spiro atoms. The van der Waals surface area contributed by atoms with Gasteiger partial charge in [0.15, 0.2) is 0 Å².